The number of urea groups is 1. The third-order valence-electron chi connectivity index (χ3n) is 4.97. The van der Waals surface area contributed by atoms with Crippen LogP contribution in [0.2, 0.25) is 0 Å². The molecule has 25 heavy (non-hydrogen) atoms. The standard InChI is InChI=1S/C17H25N5O3/c1-20-8-10-21(11-9-20)16-7-6-14(22(24)25)12-15(16)19-17(23)18-13-4-2-3-5-13/h6-7,12-13H,2-5,8-11H2,1H3,(H2,18,19,23). The van der Waals surface area contributed by atoms with Gasteiger partial charge in [0.05, 0.1) is 16.3 Å². The summed E-state index contributed by atoms with van der Waals surface area (Å²) in [7, 11) is 2.07. The maximum absolute atomic E-state index is 12.3. The van der Waals surface area contributed by atoms with Crippen LogP contribution in [0, 0.1) is 10.1 Å². The molecule has 8 nitrogen and oxygen atoms in total. The lowest BCUT2D eigenvalue weighted by Crippen LogP contribution is -2.45. The van der Waals surface area contributed by atoms with Gasteiger partial charge in [-0.15, -0.1) is 0 Å². The first-order valence-corrected chi connectivity index (χ1v) is 8.82. The zero-order chi connectivity index (χ0) is 17.8. The van der Waals surface area contributed by atoms with Crippen molar-refractivity contribution in [3.05, 3.63) is 28.3 Å². The first kappa shape index (κ1) is 17.5. The van der Waals surface area contributed by atoms with Gasteiger partial charge in [0.1, 0.15) is 0 Å². The molecule has 136 valence electrons. The number of nitro groups is 1. The zero-order valence-electron chi connectivity index (χ0n) is 14.5. The van der Waals surface area contributed by atoms with Gasteiger partial charge in [-0.1, -0.05) is 12.8 Å². The number of rotatable bonds is 4. The van der Waals surface area contributed by atoms with Crippen molar-refractivity contribution in [1.82, 2.24) is 10.2 Å². The fourth-order valence-corrected chi connectivity index (χ4v) is 3.47. The average Bonchev–Trinajstić information content (AvgIpc) is 3.08. The van der Waals surface area contributed by atoms with Gasteiger partial charge < -0.3 is 20.4 Å². The van der Waals surface area contributed by atoms with Crippen LogP contribution >= 0.6 is 0 Å². The van der Waals surface area contributed by atoms with Crippen molar-refractivity contribution in [3.8, 4) is 0 Å². The third-order valence-corrected chi connectivity index (χ3v) is 4.97. The van der Waals surface area contributed by atoms with Crippen LogP contribution in [0.4, 0.5) is 21.9 Å². The number of nitrogens with zero attached hydrogens (tertiary/aromatic N) is 3. The minimum absolute atomic E-state index is 0.0194. The first-order chi connectivity index (χ1) is 12.0. The summed E-state index contributed by atoms with van der Waals surface area (Å²) in [4.78, 5) is 27.4. The molecular formula is C17H25N5O3. The lowest BCUT2D eigenvalue weighted by Gasteiger charge is -2.35. The molecule has 1 aliphatic heterocycles. The molecular weight excluding hydrogens is 322 g/mol. The van der Waals surface area contributed by atoms with Crippen molar-refractivity contribution in [2.24, 2.45) is 0 Å². The number of nitro benzene ring substituents is 1. The maximum Gasteiger partial charge on any atom is 0.319 e. The van der Waals surface area contributed by atoms with Crippen LogP contribution in [-0.4, -0.2) is 55.1 Å². The molecule has 0 spiro atoms. The van der Waals surface area contributed by atoms with Gasteiger partial charge in [-0.3, -0.25) is 10.1 Å². The van der Waals surface area contributed by atoms with Gasteiger partial charge in [0.2, 0.25) is 0 Å². The minimum Gasteiger partial charge on any atom is -0.367 e. The van der Waals surface area contributed by atoms with Gasteiger partial charge in [-0.25, -0.2) is 4.79 Å². The van der Waals surface area contributed by atoms with E-state index in [0.29, 0.717) is 5.69 Å². The number of carbonyl (C=O) groups excluding carboxylic acids is 1. The number of carbonyl (C=O) groups is 1. The van der Waals surface area contributed by atoms with Crippen molar-refractivity contribution in [2.75, 3.05) is 43.4 Å². The second kappa shape index (κ2) is 7.69. The number of benzene rings is 1. The fraction of sp³-hybridized carbons (Fsp3) is 0.588. The number of piperazine rings is 1. The Balaban J connectivity index is 1.77. The quantitative estimate of drug-likeness (QED) is 0.645. The predicted octanol–water partition coefficient (Wildman–Crippen LogP) is 2.41. The molecule has 0 atom stereocenters. The number of amides is 2. The summed E-state index contributed by atoms with van der Waals surface area (Å²) in [6.07, 6.45) is 4.25. The van der Waals surface area contributed by atoms with E-state index in [1.807, 2.05) is 0 Å². The Kier molecular flexibility index (Phi) is 5.37. The molecule has 0 radical (unpaired) electrons. The van der Waals surface area contributed by atoms with Gasteiger partial charge in [-0.2, -0.15) is 0 Å². The lowest BCUT2D eigenvalue weighted by molar-refractivity contribution is -0.384. The van der Waals surface area contributed by atoms with Crippen LogP contribution in [-0.2, 0) is 0 Å². The second-order valence-electron chi connectivity index (χ2n) is 6.83. The Morgan fingerprint density at radius 2 is 1.88 bits per heavy atom. The Hall–Kier alpha value is -2.35. The fourth-order valence-electron chi connectivity index (χ4n) is 3.47. The molecule has 3 rings (SSSR count). The molecule has 2 fully saturated rings. The van der Waals surface area contributed by atoms with Crippen LogP contribution in [0.25, 0.3) is 0 Å². The first-order valence-electron chi connectivity index (χ1n) is 8.82. The van der Waals surface area contributed by atoms with Crippen LogP contribution in [0.1, 0.15) is 25.7 Å². The van der Waals surface area contributed by atoms with Crippen molar-refractivity contribution < 1.29 is 9.72 Å². The monoisotopic (exact) mass is 347 g/mol. The van der Waals surface area contributed by atoms with E-state index >= 15 is 0 Å². The van der Waals surface area contributed by atoms with E-state index in [2.05, 4.69) is 27.5 Å². The van der Waals surface area contributed by atoms with Crippen LogP contribution in [0.15, 0.2) is 18.2 Å². The summed E-state index contributed by atoms with van der Waals surface area (Å²) in [5.41, 5.74) is 1.31. The van der Waals surface area contributed by atoms with E-state index < -0.39 is 4.92 Å². The molecule has 1 saturated carbocycles. The summed E-state index contributed by atoms with van der Waals surface area (Å²) >= 11 is 0. The van der Waals surface area contributed by atoms with Gasteiger partial charge in [0.25, 0.3) is 5.69 Å². The molecule has 8 heteroatoms. The third kappa shape index (κ3) is 4.39. The normalized spacial score (nSPS) is 19.0. The Bertz CT molecular complexity index is 637. The molecule has 0 unspecified atom stereocenters. The van der Waals surface area contributed by atoms with E-state index in [-0.39, 0.29) is 17.8 Å². The smallest absolute Gasteiger partial charge is 0.319 e. The SMILES string of the molecule is CN1CCN(c2ccc([N+](=O)[O-])cc2NC(=O)NC2CCCC2)CC1. The van der Waals surface area contributed by atoms with E-state index in [1.54, 1.807) is 6.07 Å². The topological polar surface area (TPSA) is 90.8 Å². The highest BCUT2D eigenvalue weighted by molar-refractivity contribution is 5.94. The van der Waals surface area contributed by atoms with Crippen molar-refractivity contribution in [3.63, 3.8) is 0 Å². The van der Waals surface area contributed by atoms with Crippen LogP contribution in [0.3, 0.4) is 0 Å². The number of hydrogen-bond acceptors (Lipinski definition) is 5. The number of likely N-dealkylation sites (N-methyl/N-ethyl adjacent to an activating group) is 1. The molecule has 1 aliphatic carbocycles. The van der Waals surface area contributed by atoms with Gasteiger partial charge >= 0.3 is 6.03 Å². The summed E-state index contributed by atoms with van der Waals surface area (Å²) in [6, 6.07) is 4.58. The van der Waals surface area contributed by atoms with Gasteiger partial charge in [0.15, 0.2) is 0 Å². The average molecular weight is 347 g/mol. The molecule has 1 aromatic carbocycles. The zero-order valence-corrected chi connectivity index (χ0v) is 14.5. The summed E-state index contributed by atoms with van der Waals surface area (Å²) in [6.45, 7) is 3.50. The van der Waals surface area contributed by atoms with Crippen molar-refractivity contribution >= 4 is 23.1 Å². The van der Waals surface area contributed by atoms with E-state index in [9.17, 15) is 14.9 Å². The number of nitrogens with one attached hydrogen (secondary N) is 2. The predicted molar refractivity (Wildman–Crippen MR) is 97.2 cm³/mol. The Morgan fingerprint density at radius 3 is 2.52 bits per heavy atom. The molecule has 1 heterocycles. The van der Waals surface area contributed by atoms with E-state index in [0.717, 1.165) is 57.5 Å². The van der Waals surface area contributed by atoms with Gasteiger partial charge in [-0.05, 0) is 26.0 Å². The number of anilines is 2. The molecule has 0 aromatic heterocycles. The van der Waals surface area contributed by atoms with Gasteiger partial charge in [0, 0.05) is 44.4 Å². The molecule has 2 N–H and O–H groups in total. The number of non-ortho nitro benzene ring substituents is 1. The van der Waals surface area contributed by atoms with Crippen molar-refractivity contribution in [2.45, 2.75) is 31.7 Å². The highest BCUT2D eigenvalue weighted by Gasteiger charge is 2.22. The molecule has 2 amide bonds. The summed E-state index contributed by atoms with van der Waals surface area (Å²) in [5.74, 6) is 0. The Morgan fingerprint density at radius 1 is 1.20 bits per heavy atom. The van der Waals surface area contributed by atoms with Crippen molar-refractivity contribution in [1.29, 1.82) is 0 Å². The largest absolute Gasteiger partial charge is 0.367 e. The van der Waals surface area contributed by atoms with Crippen LogP contribution < -0.4 is 15.5 Å². The Labute approximate surface area is 147 Å². The summed E-state index contributed by atoms with van der Waals surface area (Å²) in [5, 5.41) is 16.9. The molecule has 0 bridgehead atoms. The highest BCUT2D eigenvalue weighted by Crippen LogP contribution is 2.31. The molecule has 2 aliphatic rings. The van der Waals surface area contributed by atoms with Crippen LogP contribution in [0.5, 0.6) is 0 Å². The minimum atomic E-state index is -0.437. The number of hydrogen-bond donors (Lipinski definition) is 2. The maximum atomic E-state index is 12.3. The highest BCUT2D eigenvalue weighted by atomic mass is 16.6. The van der Waals surface area contributed by atoms with E-state index in [1.165, 1.54) is 12.1 Å². The molecule has 1 saturated heterocycles. The van der Waals surface area contributed by atoms with E-state index in [4.69, 9.17) is 0 Å². The molecule has 1 aromatic rings. The second-order valence-corrected chi connectivity index (χ2v) is 6.83. The summed E-state index contributed by atoms with van der Waals surface area (Å²) < 4.78 is 0. The lowest BCUT2D eigenvalue weighted by atomic mass is 10.2.